The molecule has 2 N–H and O–H groups in total. The molecule has 6 heavy (non-hydrogen) atoms. The van der Waals surface area contributed by atoms with Gasteiger partial charge in [0.15, 0.2) is 0 Å². The van der Waals surface area contributed by atoms with E-state index in [1.165, 1.54) is 0 Å². The minimum atomic E-state index is -4.88. The van der Waals surface area contributed by atoms with Gasteiger partial charge in [0.1, 0.15) is 0 Å². The fourth-order valence-electron chi connectivity index (χ4n) is 0. The Hall–Kier alpha value is 0.303. The summed E-state index contributed by atoms with van der Waals surface area (Å²) >= 11 is -4.88. The summed E-state index contributed by atoms with van der Waals surface area (Å²) in [5.74, 6) is 0. The molecule has 0 aliphatic rings. The molecule has 34 valence electrons. The van der Waals surface area contributed by atoms with Crippen molar-refractivity contribution >= 4 is 22.6 Å². The first-order valence-electron chi connectivity index (χ1n) is 1.00. The van der Waals surface area contributed by atoms with Crippen LogP contribution in [0.1, 0.15) is 0 Å². The van der Waals surface area contributed by atoms with Crippen molar-refractivity contribution in [2.24, 2.45) is 0 Å². The van der Waals surface area contributed by atoms with Crippen LogP contribution in [0, 0.1) is 0 Å². The first-order chi connectivity index (χ1) is 2.56. The van der Waals surface area contributed by atoms with Crippen LogP contribution in [-0.2, 0) is 7.38 Å². The molecule has 6 heteroatoms. The van der Waals surface area contributed by atoms with Crippen molar-refractivity contribution in [2.75, 3.05) is 0 Å². The van der Waals surface area contributed by atoms with Gasteiger partial charge in [-0.15, -0.1) is 0 Å². The molecule has 0 saturated heterocycles. The molecule has 0 fully saturated rings. The maximum absolute atomic E-state index is 9.41. The Morgan fingerprint density at radius 2 is 1.83 bits per heavy atom. The first kappa shape index (κ1) is 6.30. The van der Waals surface area contributed by atoms with Crippen LogP contribution >= 0.6 is 0 Å². The zero-order chi connectivity index (χ0) is 5.21. The van der Waals surface area contributed by atoms with E-state index in [0.717, 1.165) is 0 Å². The Bertz CT molecular complexity index is 71.6. The molecule has 0 spiro atoms. The van der Waals surface area contributed by atoms with E-state index < -0.39 is 14.5 Å². The van der Waals surface area contributed by atoms with Gasteiger partial charge in [-0.2, -0.15) is 0 Å². The molecule has 0 rings (SSSR count). The summed E-state index contributed by atoms with van der Waals surface area (Å²) in [7, 11) is 4.07. The fourth-order valence-corrected chi connectivity index (χ4v) is 0. The molecule has 0 unspecified atom stereocenters. The van der Waals surface area contributed by atoms with Gasteiger partial charge in [-0.1, -0.05) is 0 Å². The number of hydrogen-bond acceptors (Lipinski definition) is 2. The standard InChI is InChI=1S/AsBH2O4/c2-6-1(3,4)5/h(H2,3,4,5). The molecule has 0 aromatic heterocycles. The van der Waals surface area contributed by atoms with E-state index in [1.54, 1.807) is 0 Å². The molecule has 0 aromatic carbocycles. The summed E-state index contributed by atoms with van der Waals surface area (Å²) in [5.41, 5.74) is 0. The van der Waals surface area contributed by atoms with Crippen LogP contribution in [-0.4, -0.2) is 30.8 Å². The van der Waals surface area contributed by atoms with Crippen LogP contribution in [0.25, 0.3) is 0 Å². The van der Waals surface area contributed by atoms with Crippen molar-refractivity contribution < 1.29 is 15.6 Å². The van der Waals surface area contributed by atoms with Crippen LogP contribution < -0.4 is 0 Å². The first-order valence-corrected chi connectivity index (χ1v) is 4.21. The second-order valence-electron chi connectivity index (χ2n) is 0.596. The van der Waals surface area contributed by atoms with Gasteiger partial charge in [0.25, 0.3) is 0 Å². The average molecular weight is 152 g/mol. The normalized spacial score (nSPS) is 11.7. The summed E-state index contributed by atoms with van der Waals surface area (Å²) in [6.45, 7) is 0. The predicted octanol–water partition coefficient (Wildman–Crippen LogP) is -2.06. The van der Waals surface area contributed by atoms with Crippen LogP contribution in [0.3, 0.4) is 0 Å². The van der Waals surface area contributed by atoms with E-state index in [-0.39, 0.29) is 0 Å². The summed E-state index contributed by atoms with van der Waals surface area (Å²) in [6.07, 6.45) is 0. The third kappa shape index (κ3) is 4.30. The van der Waals surface area contributed by atoms with E-state index >= 15 is 0 Å². The van der Waals surface area contributed by atoms with Crippen LogP contribution in [0.5, 0.6) is 0 Å². The topological polar surface area (TPSA) is 66.8 Å². The molecular formula is H2AsBO4. The van der Waals surface area contributed by atoms with Crippen molar-refractivity contribution in [3.8, 4) is 0 Å². The Morgan fingerprint density at radius 1 is 1.67 bits per heavy atom. The predicted molar refractivity (Wildman–Crippen MR) is 17.7 cm³/mol. The van der Waals surface area contributed by atoms with Crippen molar-refractivity contribution in [1.82, 2.24) is 0 Å². The third-order valence-electron chi connectivity index (χ3n) is 0.137. The van der Waals surface area contributed by atoms with Crippen molar-refractivity contribution in [1.29, 1.82) is 0 Å². The van der Waals surface area contributed by atoms with E-state index in [1.807, 2.05) is 0 Å². The summed E-state index contributed by atoms with van der Waals surface area (Å²) in [4.78, 5) is 0. The summed E-state index contributed by atoms with van der Waals surface area (Å²) < 4.78 is 27.9. The van der Waals surface area contributed by atoms with E-state index in [0.29, 0.717) is 0 Å². The van der Waals surface area contributed by atoms with Crippen LogP contribution in [0.2, 0.25) is 0 Å². The van der Waals surface area contributed by atoms with Gasteiger partial charge in [0.05, 0.1) is 0 Å². The van der Waals surface area contributed by atoms with Gasteiger partial charge >= 0.3 is 38.1 Å². The zero-order valence-electron chi connectivity index (χ0n) is 2.74. The Kier molecular flexibility index (Phi) is 1.93. The number of hydrogen-bond donors (Lipinski definition) is 2. The van der Waals surface area contributed by atoms with Crippen molar-refractivity contribution in [3.05, 3.63) is 0 Å². The van der Waals surface area contributed by atoms with Crippen molar-refractivity contribution in [2.45, 2.75) is 0 Å². The van der Waals surface area contributed by atoms with Gasteiger partial charge in [0, 0.05) is 0 Å². The Balaban J connectivity index is 3.48. The van der Waals surface area contributed by atoms with Crippen LogP contribution in [0.4, 0.5) is 0 Å². The molecule has 0 aliphatic heterocycles. The van der Waals surface area contributed by atoms with Gasteiger partial charge in [0.2, 0.25) is 0 Å². The maximum atomic E-state index is 9.41. The molecule has 0 aromatic rings. The zero-order valence-corrected chi connectivity index (χ0v) is 4.61. The van der Waals surface area contributed by atoms with Gasteiger partial charge < -0.3 is 0 Å². The van der Waals surface area contributed by atoms with Gasteiger partial charge in [-0.25, -0.2) is 0 Å². The molecule has 4 nitrogen and oxygen atoms in total. The molecular weight excluding hydrogens is 150 g/mol. The molecule has 0 heterocycles. The summed E-state index contributed by atoms with van der Waals surface area (Å²) in [6, 6.07) is 0. The SMILES string of the molecule is [B]O[As](=O)(O)O. The summed E-state index contributed by atoms with van der Waals surface area (Å²) in [5, 5.41) is 0. The second kappa shape index (κ2) is 1.84. The Labute approximate surface area is 38.9 Å². The molecule has 0 aliphatic carbocycles. The quantitative estimate of drug-likeness (QED) is 0.423. The molecule has 2 radical (unpaired) electrons. The monoisotopic (exact) mass is 152 g/mol. The fraction of sp³-hybridized carbons (Fsp3) is 0. The van der Waals surface area contributed by atoms with E-state index in [2.05, 4.69) is 11.7 Å². The molecule has 0 amide bonds. The van der Waals surface area contributed by atoms with Crippen molar-refractivity contribution in [3.63, 3.8) is 0 Å². The Morgan fingerprint density at radius 3 is 1.83 bits per heavy atom. The van der Waals surface area contributed by atoms with E-state index in [9.17, 15) is 3.74 Å². The molecule has 0 bridgehead atoms. The molecule has 0 saturated carbocycles. The van der Waals surface area contributed by atoms with Gasteiger partial charge in [-0.3, -0.25) is 0 Å². The van der Waals surface area contributed by atoms with Gasteiger partial charge in [-0.05, 0) is 0 Å². The number of rotatable bonds is 1. The van der Waals surface area contributed by atoms with Crippen LogP contribution in [0.15, 0.2) is 0 Å². The second-order valence-corrected chi connectivity index (χ2v) is 3.10. The molecule has 0 atom stereocenters. The van der Waals surface area contributed by atoms with E-state index in [4.69, 9.17) is 8.19 Å². The third-order valence-corrected chi connectivity index (χ3v) is 0.714. The minimum absolute atomic E-state index is 3.16. The average Bonchev–Trinajstić information content (AvgIpc) is 1.35.